The quantitative estimate of drug-likeness (QED) is 0.749. The van der Waals surface area contributed by atoms with Gasteiger partial charge in [-0.05, 0) is 31.0 Å². The summed E-state index contributed by atoms with van der Waals surface area (Å²) >= 11 is 0. The first-order valence-corrected chi connectivity index (χ1v) is 8.46. The number of nitriles is 1. The Kier molecular flexibility index (Phi) is 6.69. The maximum absolute atomic E-state index is 12.2. The molecule has 20 heavy (non-hydrogen) atoms. The molecule has 0 spiro atoms. The van der Waals surface area contributed by atoms with Gasteiger partial charge in [0.15, 0.2) is 0 Å². The van der Waals surface area contributed by atoms with E-state index in [-0.39, 0.29) is 10.9 Å². The number of sulfonamides is 1. The SMILES string of the molecule is CCCCCC(C)NS(=O)(=O)c1ccc(CC#N)cc1. The van der Waals surface area contributed by atoms with E-state index in [0.717, 1.165) is 31.2 Å². The van der Waals surface area contributed by atoms with Crippen molar-refractivity contribution in [2.24, 2.45) is 0 Å². The van der Waals surface area contributed by atoms with Crippen LogP contribution in [-0.4, -0.2) is 14.5 Å². The largest absolute Gasteiger partial charge is 0.240 e. The predicted octanol–water partition coefficient (Wildman–Crippen LogP) is 3.00. The first kappa shape index (κ1) is 16.7. The van der Waals surface area contributed by atoms with Crippen LogP contribution < -0.4 is 4.72 Å². The van der Waals surface area contributed by atoms with Crippen molar-refractivity contribution >= 4 is 10.0 Å². The van der Waals surface area contributed by atoms with Crippen LogP contribution in [-0.2, 0) is 16.4 Å². The van der Waals surface area contributed by atoms with Crippen molar-refractivity contribution in [2.75, 3.05) is 0 Å². The third kappa shape index (κ3) is 5.32. The number of hydrogen-bond acceptors (Lipinski definition) is 3. The molecule has 0 aliphatic heterocycles. The first-order chi connectivity index (χ1) is 9.49. The second-order valence-electron chi connectivity index (χ2n) is 5.00. The van der Waals surface area contributed by atoms with E-state index in [2.05, 4.69) is 11.6 Å². The van der Waals surface area contributed by atoms with Gasteiger partial charge in [0.05, 0.1) is 17.4 Å². The monoisotopic (exact) mass is 294 g/mol. The number of hydrogen-bond donors (Lipinski definition) is 1. The zero-order chi connectivity index (χ0) is 15.0. The Morgan fingerprint density at radius 2 is 1.90 bits per heavy atom. The minimum absolute atomic E-state index is 0.0645. The van der Waals surface area contributed by atoms with E-state index in [9.17, 15) is 8.42 Å². The lowest BCUT2D eigenvalue weighted by molar-refractivity contribution is 0.527. The van der Waals surface area contributed by atoms with Crippen LogP contribution >= 0.6 is 0 Å². The van der Waals surface area contributed by atoms with E-state index in [1.807, 2.05) is 13.0 Å². The highest BCUT2D eigenvalue weighted by molar-refractivity contribution is 7.89. The Labute approximate surface area is 121 Å². The minimum Gasteiger partial charge on any atom is -0.208 e. The Bertz CT molecular complexity index is 544. The van der Waals surface area contributed by atoms with Gasteiger partial charge in [0.2, 0.25) is 10.0 Å². The smallest absolute Gasteiger partial charge is 0.208 e. The lowest BCUT2D eigenvalue weighted by Gasteiger charge is -2.14. The molecule has 0 aliphatic rings. The minimum atomic E-state index is -3.46. The molecular formula is C15H22N2O2S. The van der Waals surface area contributed by atoms with Crippen LogP contribution in [0, 0.1) is 11.3 Å². The third-order valence-corrected chi connectivity index (χ3v) is 4.72. The summed E-state index contributed by atoms with van der Waals surface area (Å²) in [5.74, 6) is 0. The van der Waals surface area contributed by atoms with Crippen LogP contribution in [0.4, 0.5) is 0 Å². The molecule has 1 atom stereocenters. The van der Waals surface area contributed by atoms with E-state index in [1.54, 1.807) is 24.3 Å². The molecule has 1 unspecified atom stereocenters. The molecule has 0 bridgehead atoms. The van der Waals surface area contributed by atoms with Crippen LogP contribution in [0.5, 0.6) is 0 Å². The fraction of sp³-hybridized carbons (Fsp3) is 0.533. The summed E-state index contributed by atoms with van der Waals surface area (Å²) in [6.45, 7) is 4.01. The van der Waals surface area contributed by atoms with Gasteiger partial charge >= 0.3 is 0 Å². The van der Waals surface area contributed by atoms with Gasteiger partial charge in [0, 0.05) is 6.04 Å². The van der Waals surface area contributed by atoms with E-state index in [0.29, 0.717) is 6.42 Å². The predicted molar refractivity (Wildman–Crippen MR) is 79.7 cm³/mol. The molecule has 0 heterocycles. The average molecular weight is 294 g/mol. The Morgan fingerprint density at radius 1 is 1.25 bits per heavy atom. The maximum atomic E-state index is 12.2. The second kappa shape index (κ2) is 8.03. The zero-order valence-corrected chi connectivity index (χ0v) is 12.9. The topological polar surface area (TPSA) is 70.0 Å². The van der Waals surface area contributed by atoms with Crippen LogP contribution in [0.3, 0.4) is 0 Å². The number of rotatable bonds is 8. The highest BCUT2D eigenvalue weighted by Crippen LogP contribution is 2.13. The van der Waals surface area contributed by atoms with Gasteiger partial charge in [0.1, 0.15) is 0 Å². The summed E-state index contributed by atoms with van der Waals surface area (Å²) in [4.78, 5) is 0.251. The van der Waals surface area contributed by atoms with Crippen molar-refractivity contribution in [2.45, 2.75) is 56.9 Å². The Morgan fingerprint density at radius 3 is 2.45 bits per heavy atom. The molecule has 1 N–H and O–H groups in total. The maximum Gasteiger partial charge on any atom is 0.240 e. The highest BCUT2D eigenvalue weighted by Gasteiger charge is 2.16. The number of nitrogens with zero attached hydrogens (tertiary/aromatic N) is 1. The lowest BCUT2D eigenvalue weighted by Crippen LogP contribution is -2.32. The molecule has 1 rings (SSSR count). The van der Waals surface area contributed by atoms with Crippen LogP contribution in [0.2, 0.25) is 0 Å². The summed E-state index contributed by atoms with van der Waals surface area (Å²) in [5.41, 5.74) is 0.822. The summed E-state index contributed by atoms with van der Waals surface area (Å²) in [6, 6.07) is 8.43. The summed E-state index contributed by atoms with van der Waals surface area (Å²) in [5, 5.41) is 8.59. The van der Waals surface area contributed by atoms with Gasteiger partial charge in [-0.15, -0.1) is 0 Å². The summed E-state index contributed by atoms with van der Waals surface area (Å²) < 4.78 is 27.0. The molecule has 1 aromatic carbocycles. The van der Waals surface area contributed by atoms with Gasteiger partial charge in [0.25, 0.3) is 0 Å². The standard InChI is InChI=1S/C15H22N2O2S/c1-3-4-5-6-13(2)17-20(18,19)15-9-7-14(8-10-15)11-12-16/h7-10,13,17H,3-6,11H2,1-2H3. The summed E-state index contributed by atoms with van der Waals surface area (Å²) in [6.07, 6.45) is 4.41. The van der Waals surface area contributed by atoms with Crippen molar-refractivity contribution in [1.29, 1.82) is 5.26 Å². The van der Waals surface area contributed by atoms with Gasteiger partial charge in [-0.2, -0.15) is 5.26 Å². The van der Waals surface area contributed by atoms with Crippen LogP contribution in [0.25, 0.3) is 0 Å². The molecule has 0 aromatic heterocycles. The third-order valence-electron chi connectivity index (χ3n) is 3.11. The zero-order valence-electron chi connectivity index (χ0n) is 12.1. The van der Waals surface area contributed by atoms with Gasteiger partial charge in [-0.1, -0.05) is 38.3 Å². The van der Waals surface area contributed by atoms with E-state index < -0.39 is 10.0 Å². The molecule has 0 saturated carbocycles. The number of benzene rings is 1. The molecule has 1 aromatic rings. The number of unbranched alkanes of at least 4 members (excludes halogenated alkanes) is 2. The fourth-order valence-electron chi connectivity index (χ4n) is 1.97. The van der Waals surface area contributed by atoms with Gasteiger partial charge in [-0.25, -0.2) is 13.1 Å². The molecule has 0 aliphatic carbocycles. The molecule has 4 nitrogen and oxygen atoms in total. The van der Waals surface area contributed by atoms with Gasteiger partial charge in [-0.3, -0.25) is 0 Å². The highest BCUT2D eigenvalue weighted by atomic mass is 32.2. The fourth-order valence-corrected chi connectivity index (χ4v) is 3.25. The molecule has 0 amide bonds. The van der Waals surface area contributed by atoms with E-state index >= 15 is 0 Å². The molecular weight excluding hydrogens is 272 g/mol. The van der Waals surface area contributed by atoms with Crippen molar-refractivity contribution in [3.8, 4) is 6.07 Å². The second-order valence-corrected chi connectivity index (χ2v) is 6.71. The molecule has 110 valence electrons. The van der Waals surface area contributed by atoms with Crippen molar-refractivity contribution < 1.29 is 8.42 Å². The van der Waals surface area contributed by atoms with Crippen molar-refractivity contribution in [1.82, 2.24) is 4.72 Å². The van der Waals surface area contributed by atoms with Crippen LogP contribution in [0.1, 0.15) is 45.1 Å². The molecule has 0 saturated heterocycles. The average Bonchev–Trinajstić information content (AvgIpc) is 2.39. The molecule has 0 radical (unpaired) electrons. The Balaban J connectivity index is 2.66. The molecule has 5 heteroatoms. The van der Waals surface area contributed by atoms with Crippen molar-refractivity contribution in [3.63, 3.8) is 0 Å². The molecule has 0 fully saturated rings. The van der Waals surface area contributed by atoms with E-state index in [4.69, 9.17) is 5.26 Å². The van der Waals surface area contributed by atoms with Crippen LogP contribution in [0.15, 0.2) is 29.2 Å². The normalized spacial score (nSPS) is 12.8. The van der Waals surface area contributed by atoms with Crippen molar-refractivity contribution in [3.05, 3.63) is 29.8 Å². The lowest BCUT2D eigenvalue weighted by atomic mass is 10.1. The number of nitrogens with one attached hydrogen (secondary N) is 1. The Hall–Kier alpha value is -1.38. The summed E-state index contributed by atoms with van der Waals surface area (Å²) in [7, 11) is -3.46. The van der Waals surface area contributed by atoms with E-state index in [1.165, 1.54) is 0 Å². The first-order valence-electron chi connectivity index (χ1n) is 6.98. The van der Waals surface area contributed by atoms with Gasteiger partial charge < -0.3 is 0 Å².